The van der Waals surface area contributed by atoms with Gasteiger partial charge in [-0.1, -0.05) is 78.4 Å². The average Bonchev–Trinajstić information content (AvgIpc) is 2.98. The number of fused-ring (bicyclic) bond motifs is 1. The molecule has 3 aromatic carbocycles. The quantitative estimate of drug-likeness (QED) is 0.416. The van der Waals surface area contributed by atoms with Crippen molar-refractivity contribution in [3.05, 3.63) is 94.6 Å². The number of rotatable bonds is 3. The van der Waals surface area contributed by atoms with Gasteiger partial charge in [0.1, 0.15) is 0 Å². The fraction of sp³-hybridized carbons (Fsp3) is 0.130. The van der Waals surface area contributed by atoms with E-state index in [1.165, 1.54) is 44.1 Å². The van der Waals surface area contributed by atoms with Crippen LogP contribution in [0.5, 0.6) is 0 Å². The summed E-state index contributed by atoms with van der Waals surface area (Å²) in [5.74, 6) is 0.326. The van der Waals surface area contributed by atoms with Crippen LogP contribution in [0.15, 0.2) is 72.3 Å². The van der Waals surface area contributed by atoms with Crippen molar-refractivity contribution in [1.82, 2.24) is 0 Å². The lowest BCUT2D eigenvalue weighted by atomic mass is 9.85. The van der Waals surface area contributed by atoms with Gasteiger partial charge in [0.25, 0.3) is 0 Å². The van der Waals surface area contributed by atoms with Crippen LogP contribution in [0.2, 0.25) is 0 Å². The van der Waals surface area contributed by atoms with E-state index < -0.39 is 0 Å². The minimum Gasteiger partial charge on any atom is -0.165 e. The molecule has 1 unspecified atom stereocenters. The minimum absolute atomic E-state index is 0.314. The van der Waals surface area contributed by atoms with Gasteiger partial charge in [-0.15, -0.1) is 0 Å². The lowest BCUT2D eigenvalue weighted by molar-refractivity contribution is 0.965. The van der Waals surface area contributed by atoms with Crippen LogP contribution < -0.4 is 5.19 Å². The molecule has 1 aliphatic rings. The van der Waals surface area contributed by atoms with Crippen LogP contribution in [0.3, 0.4) is 0 Å². The third-order valence-corrected chi connectivity index (χ3v) is 6.51. The van der Waals surface area contributed by atoms with Crippen LogP contribution in [0.25, 0.3) is 17.2 Å². The first-order valence-corrected chi connectivity index (χ1v) is 10.5. The zero-order chi connectivity index (χ0) is 17.4. The minimum atomic E-state index is 0.314. The van der Waals surface area contributed by atoms with Crippen molar-refractivity contribution in [2.45, 2.75) is 19.8 Å². The highest BCUT2D eigenvalue weighted by Gasteiger charge is 2.27. The van der Waals surface area contributed by atoms with Crippen molar-refractivity contribution in [2.75, 3.05) is 0 Å². The Balaban J connectivity index is 1.89. The number of halogens is 1. The van der Waals surface area contributed by atoms with Crippen LogP contribution in [0, 0.1) is 6.92 Å². The molecule has 1 aliphatic carbocycles. The molecule has 25 heavy (non-hydrogen) atoms. The van der Waals surface area contributed by atoms with E-state index in [-0.39, 0.29) is 0 Å². The van der Waals surface area contributed by atoms with Crippen LogP contribution in [0.4, 0.5) is 0 Å². The SMILES string of the molecule is CC1=Cc2c(-c3ccccc3)cccc2C1c1cccc([Si]Cl)c1C. The molecule has 0 bridgehead atoms. The second-order valence-electron chi connectivity index (χ2n) is 6.61. The van der Waals surface area contributed by atoms with E-state index in [4.69, 9.17) is 11.1 Å². The van der Waals surface area contributed by atoms with Gasteiger partial charge in [0.05, 0.1) is 0 Å². The number of hydrogen-bond donors (Lipinski definition) is 0. The van der Waals surface area contributed by atoms with Gasteiger partial charge in [0, 0.05) is 5.92 Å². The van der Waals surface area contributed by atoms with E-state index in [1.54, 1.807) is 0 Å². The number of hydrogen-bond acceptors (Lipinski definition) is 0. The third-order valence-electron chi connectivity index (χ3n) is 5.15. The van der Waals surface area contributed by atoms with Gasteiger partial charge in [0.15, 0.2) is 0 Å². The highest BCUT2D eigenvalue weighted by Crippen LogP contribution is 2.44. The molecule has 122 valence electrons. The van der Waals surface area contributed by atoms with Crippen LogP contribution in [-0.2, 0) is 0 Å². The van der Waals surface area contributed by atoms with E-state index in [0.717, 1.165) is 0 Å². The van der Waals surface area contributed by atoms with E-state index in [2.05, 4.69) is 86.7 Å². The Kier molecular flexibility index (Phi) is 4.37. The van der Waals surface area contributed by atoms with Crippen LogP contribution in [-0.4, -0.2) is 8.83 Å². The number of allylic oxidation sites excluding steroid dienone is 1. The van der Waals surface area contributed by atoms with Crippen molar-refractivity contribution in [3.63, 3.8) is 0 Å². The topological polar surface area (TPSA) is 0 Å². The molecule has 2 radical (unpaired) electrons. The Hall–Kier alpha value is -2.09. The molecule has 0 fully saturated rings. The average molecular weight is 359 g/mol. The van der Waals surface area contributed by atoms with E-state index in [0.29, 0.717) is 14.7 Å². The van der Waals surface area contributed by atoms with Gasteiger partial charge >= 0.3 is 0 Å². The first kappa shape index (κ1) is 16.4. The molecule has 0 aromatic heterocycles. The van der Waals surface area contributed by atoms with Crippen molar-refractivity contribution in [3.8, 4) is 11.1 Å². The maximum absolute atomic E-state index is 6.17. The summed E-state index contributed by atoms with van der Waals surface area (Å²) in [5.41, 5.74) is 9.45. The summed E-state index contributed by atoms with van der Waals surface area (Å²) in [7, 11) is 0.314. The second kappa shape index (κ2) is 6.66. The Morgan fingerprint density at radius 1 is 0.800 bits per heavy atom. The van der Waals surface area contributed by atoms with Crippen molar-refractivity contribution >= 4 is 31.2 Å². The highest BCUT2D eigenvalue weighted by molar-refractivity contribution is 7.01. The fourth-order valence-corrected chi connectivity index (χ4v) is 4.96. The van der Waals surface area contributed by atoms with Crippen LogP contribution in [0.1, 0.15) is 35.1 Å². The Morgan fingerprint density at radius 3 is 2.28 bits per heavy atom. The van der Waals surface area contributed by atoms with Crippen LogP contribution >= 0.6 is 11.1 Å². The highest BCUT2D eigenvalue weighted by atomic mass is 35.6. The summed E-state index contributed by atoms with van der Waals surface area (Å²) >= 11 is 6.17. The summed E-state index contributed by atoms with van der Waals surface area (Å²) in [4.78, 5) is 0. The second-order valence-corrected chi connectivity index (χ2v) is 7.90. The first-order chi connectivity index (χ1) is 12.2. The Labute approximate surface area is 156 Å². The lowest BCUT2D eigenvalue weighted by Gasteiger charge is -2.20. The molecule has 0 N–H and O–H groups in total. The van der Waals surface area contributed by atoms with Crippen molar-refractivity contribution in [2.24, 2.45) is 0 Å². The predicted molar refractivity (Wildman–Crippen MR) is 110 cm³/mol. The molecule has 3 aromatic rings. The fourth-order valence-electron chi connectivity index (χ4n) is 3.90. The molecule has 0 amide bonds. The molecular weight excluding hydrogens is 340 g/mol. The zero-order valence-electron chi connectivity index (χ0n) is 14.4. The van der Waals surface area contributed by atoms with Gasteiger partial charge in [0.2, 0.25) is 8.83 Å². The summed E-state index contributed by atoms with van der Waals surface area (Å²) in [6.45, 7) is 4.45. The molecular formula is C23H19ClSi. The van der Waals surface area contributed by atoms with Gasteiger partial charge < -0.3 is 0 Å². The maximum atomic E-state index is 6.17. The molecule has 0 saturated heterocycles. The van der Waals surface area contributed by atoms with E-state index in [9.17, 15) is 0 Å². The molecule has 0 heterocycles. The maximum Gasteiger partial charge on any atom is 0.210 e. The molecule has 0 spiro atoms. The molecule has 0 aliphatic heterocycles. The normalized spacial score (nSPS) is 15.8. The molecule has 0 nitrogen and oxygen atoms in total. The van der Waals surface area contributed by atoms with Gasteiger partial charge in [-0.2, -0.15) is 11.1 Å². The summed E-state index contributed by atoms with van der Waals surface area (Å²) in [6.07, 6.45) is 2.36. The van der Waals surface area contributed by atoms with Crippen molar-refractivity contribution in [1.29, 1.82) is 0 Å². The van der Waals surface area contributed by atoms with Crippen molar-refractivity contribution < 1.29 is 0 Å². The standard InChI is InChI=1S/C23H19ClSi/c1-15-14-21-19(17-8-4-3-5-9-17)11-6-12-20(21)23(15)18-10-7-13-22(25-24)16(18)2/h3-14,23H,1-2H3. The van der Waals surface area contributed by atoms with E-state index >= 15 is 0 Å². The third kappa shape index (κ3) is 2.78. The predicted octanol–water partition coefficient (Wildman–Crippen LogP) is 5.69. The molecule has 4 rings (SSSR count). The summed E-state index contributed by atoms with van der Waals surface area (Å²) in [5, 5.41) is 1.25. The first-order valence-electron chi connectivity index (χ1n) is 8.53. The summed E-state index contributed by atoms with van der Waals surface area (Å²) < 4.78 is 0. The molecule has 1 atom stereocenters. The molecule has 2 heteroatoms. The smallest absolute Gasteiger partial charge is 0.165 e. The molecule has 0 saturated carbocycles. The Morgan fingerprint density at radius 2 is 1.52 bits per heavy atom. The van der Waals surface area contributed by atoms with Gasteiger partial charge in [-0.25, -0.2) is 0 Å². The lowest BCUT2D eigenvalue weighted by Crippen LogP contribution is -2.16. The zero-order valence-corrected chi connectivity index (χ0v) is 16.1. The van der Waals surface area contributed by atoms with Gasteiger partial charge in [-0.05, 0) is 52.4 Å². The largest absolute Gasteiger partial charge is 0.210 e. The van der Waals surface area contributed by atoms with Gasteiger partial charge in [-0.3, -0.25) is 0 Å². The monoisotopic (exact) mass is 358 g/mol. The Bertz CT molecular complexity index is 957. The summed E-state index contributed by atoms with van der Waals surface area (Å²) in [6, 6.07) is 23.9. The van der Waals surface area contributed by atoms with E-state index in [1.807, 2.05) is 0 Å². The number of benzene rings is 3.